The third-order valence-corrected chi connectivity index (χ3v) is 4.14. The van der Waals surface area contributed by atoms with Gasteiger partial charge in [0.25, 0.3) is 0 Å². The van der Waals surface area contributed by atoms with Crippen molar-refractivity contribution in [3.8, 4) is 11.4 Å². The standard InChI is InChI=1S/C16H22N6O2/c1-24-15-10-13(22-12-17-19-20-22)6-7-14(15)18-16(23)11-21-8-4-2-3-5-9-21/h6-7,10,12H,2-5,8-9,11H2,1H3,(H,18,23). The average Bonchev–Trinajstić information content (AvgIpc) is 3.01. The van der Waals surface area contributed by atoms with Crippen LogP contribution in [-0.4, -0.2) is 57.8 Å². The lowest BCUT2D eigenvalue weighted by Crippen LogP contribution is -2.34. The molecule has 3 rings (SSSR count). The smallest absolute Gasteiger partial charge is 0.238 e. The summed E-state index contributed by atoms with van der Waals surface area (Å²) in [5, 5.41) is 14.0. The fourth-order valence-corrected chi connectivity index (χ4v) is 2.89. The van der Waals surface area contributed by atoms with Gasteiger partial charge in [0.1, 0.15) is 12.1 Å². The van der Waals surface area contributed by atoms with Crippen LogP contribution in [-0.2, 0) is 4.79 Å². The van der Waals surface area contributed by atoms with Crippen molar-refractivity contribution in [3.63, 3.8) is 0 Å². The van der Waals surface area contributed by atoms with E-state index < -0.39 is 0 Å². The Hall–Kier alpha value is -2.48. The molecule has 1 fully saturated rings. The molecule has 2 aromatic rings. The first-order valence-corrected chi connectivity index (χ1v) is 8.20. The van der Waals surface area contributed by atoms with E-state index in [1.165, 1.54) is 23.9 Å². The number of benzene rings is 1. The molecule has 0 radical (unpaired) electrons. The molecule has 0 atom stereocenters. The number of likely N-dealkylation sites (tertiary alicyclic amines) is 1. The summed E-state index contributed by atoms with van der Waals surface area (Å²) in [7, 11) is 1.57. The molecule has 1 aromatic carbocycles. The molecule has 2 heterocycles. The first-order chi connectivity index (χ1) is 11.8. The van der Waals surface area contributed by atoms with Gasteiger partial charge in [-0.25, -0.2) is 4.68 Å². The average molecular weight is 330 g/mol. The highest BCUT2D eigenvalue weighted by atomic mass is 16.5. The minimum atomic E-state index is -0.0228. The highest BCUT2D eigenvalue weighted by molar-refractivity contribution is 5.93. The molecule has 8 nitrogen and oxygen atoms in total. The maximum atomic E-state index is 12.3. The van der Waals surface area contributed by atoms with Crippen LogP contribution in [0, 0.1) is 0 Å². The number of hydrogen-bond donors (Lipinski definition) is 1. The summed E-state index contributed by atoms with van der Waals surface area (Å²) in [4.78, 5) is 14.5. The number of anilines is 1. The van der Waals surface area contributed by atoms with Crippen LogP contribution in [0.5, 0.6) is 5.75 Å². The number of tetrazole rings is 1. The first-order valence-electron chi connectivity index (χ1n) is 8.20. The second-order valence-electron chi connectivity index (χ2n) is 5.88. The summed E-state index contributed by atoms with van der Waals surface area (Å²) in [5.74, 6) is 0.553. The number of amides is 1. The van der Waals surface area contributed by atoms with Crippen LogP contribution >= 0.6 is 0 Å². The van der Waals surface area contributed by atoms with E-state index in [0.29, 0.717) is 18.0 Å². The maximum Gasteiger partial charge on any atom is 0.238 e. The number of hydrogen-bond acceptors (Lipinski definition) is 6. The zero-order chi connectivity index (χ0) is 16.8. The summed E-state index contributed by atoms with van der Waals surface area (Å²) in [6.07, 6.45) is 6.34. The summed E-state index contributed by atoms with van der Waals surface area (Å²) >= 11 is 0. The zero-order valence-corrected chi connectivity index (χ0v) is 13.8. The number of carbonyl (C=O) groups is 1. The molecule has 0 unspecified atom stereocenters. The molecule has 0 saturated carbocycles. The van der Waals surface area contributed by atoms with Crippen LogP contribution in [0.15, 0.2) is 24.5 Å². The number of aromatic nitrogens is 4. The van der Waals surface area contributed by atoms with Gasteiger partial charge >= 0.3 is 0 Å². The van der Waals surface area contributed by atoms with Gasteiger partial charge in [0.2, 0.25) is 5.91 Å². The van der Waals surface area contributed by atoms with Gasteiger partial charge in [-0.1, -0.05) is 12.8 Å². The van der Waals surface area contributed by atoms with E-state index in [9.17, 15) is 4.79 Å². The SMILES string of the molecule is COc1cc(-n2cnnn2)ccc1NC(=O)CN1CCCCCC1. The van der Waals surface area contributed by atoms with Crippen molar-refractivity contribution >= 4 is 11.6 Å². The minimum Gasteiger partial charge on any atom is -0.494 e. The van der Waals surface area contributed by atoms with Gasteiger partial charge in [-0.2, -0.15) is 0 Å². The molecule has 1 saturated heterocycles. The number of ether oxygens (including phenoxy) is 1. The largest absolute Gasteiger partial charge is 0.494 e. The van der Waals surface area contributed by atoms with Crippen molar-refractivity contribution in [1.82, 2.24) is 25.1 Å². The van der Waals surface area contributed by atoms with Crippen molar-refractivity contribution in [3.05, 3.63) is 24.5 Å². The number of carbonyl (C=O) groups excluding carboxylic acids is 1. The normalized spacial score (nSPS) is 15.7. The lowest BCUT2D eigenvalue weighted by Gasteiger charge is -2.19. The predicted octanol–water partition coefficient (Wildman–Crippen LogP) is 1.49. The van der Waals surface area contributed by atoms with Crippen LogP contribution in [0.25, 0.3) is 5.69 Å². The Labute approximate surface area is 140 Å². The molecule has 1 aliphatic heterocycles. The van der Waals surface area contributed by atoms with Gasteiger partial charge in [-0.05, 0) is 48.5 Å². The van der Waals surface area contributed by atoms with Gasteiger partial charge in [0.15, 0.2) is 0 Å². The summed E-state index contributed by atoms with van der Waals surface area (Å²) in [6, 6.07) is 5.43. The highest BCUT2D eigenvalue weighted by Gasteiger charge is 2.15. The molecule has 0 aliphatic carbocycles. The molecule has 0 spiro atoms. The fourth-order valence-electron chi connectivity index (χ4n) is 2.89. The van der Waals surface area contributed by atoms with E-state index in [0.717, 1.165) is 31.6 Å². The molecule has 1 N–H and O–H groups in total. The minimum absolute atomic E-state index is 0.0228. The topological polar surface area (TPSA) is 85.2 Å². The molecule has 1 amide bonds. The molecule has 1 aliphatic rings. The summed E-state index contributed by atoms with van der Waals surface area (Å²) in [6.45, 7) is 2.39. The number of nitrogens with one attached hydrogen (secondary N) is 1. The van der Waals surface area contributed by atoms with Crippen LogP contribution in [0.2, 0.25) is 0 Å². The Kier molecular flexibility index (Phi) is 5.37. The van der Waals surface area contributed by atoms with E-state index >= 15 is 0 Å². The molecule has 128 valence electrons. The van der Waals surface area contributed by atoms with Crippen molar-refractivity contribution in [2.75, 3.05) is 32.1 Å². The molecule has 0 bridgehead atoms. The molecule has 1 aromatic heterocycles. The third-order valence-electron chi connectivity index (χ3n) is 4.14. The maximum absolute atomic E-state index is 12.3. The Morgan fingerprint density at radius 1 is 1.25 bits per heavy atom. The lowest BCUT2D eigenvalue weighted by atomic mass is 10.2. The van der Waals surface area contributed by atoms with Gasteiger partial charge in [-0.15, -0.1) is 5.10 Å². The van der Waals surface area contributed by atoms with Crippen molar-refractivity contribution < 1.29 is 9.53 Å². The van der Waals surface area contributed by atoms with Crippen LogP contribution in [0.4, 0.5) is 5.69 Å². The number of rotatable bonds is 5. The molecule has 8 heteroatoms. The van der Waals surface area contributed by atoms with Gasteiger partial charge < -0.3 is 10.1 Å². The zero-order valence-electron chi connectivity index (χ0n) is 13.8. The Bertz CT molecular complexity index is 665. The van der Waals surface area contributed by atoms with Crippen molar-refractivity contribution in [2.24, 2.45) is 0 Å². The van der Waals surface area contributed by atoms with Gasteiger partial charge in [0, 0.05) is 6.07 Å². The van der Waals surface area contributed by atoms with Gasteiger partial charge in [-0.3, -0.25) is 9.69 Å². The Balaban J connectivity index is 1.66. The van der Waals surface area contributed by atoms with E-state index in [1.807, 2.05) is 6.07 Å². The molecular formula is C16H22N6O2. The quantitative estimate of drug-likeness (QED) is 0.894. The second-order valence-corrected chi connectivity index (χ2v) is 5.88. The van der Waals surface area contributed by atoms with Crippen molar-refractivity contribution in [1.29, 1.82) is 0 Å². The molecular weight excluding hydrogens is 308 g/mol. The van der Waals surface area contributed by atoms with E-state index in [-0.39, 0.29) is 5.91 Å². The Morgan fingerprint density at radius 2 is 2.04 bits per heavy atom. The lowest BCUT2D eigenvalue weighted by molar-refractivity contribution is -0.117. The van der Waals surface area contributed by atoms with Crippen LogP contribution < -0.4 is 10.1 Å². The fraction of sp³-hybridized carbons (Fsp3) is 0.500. The Morgan fingerprint density at radius 3 is 2.71 bits per heavy atom. The van der Waals surface area contributed by atoms with E-state index in [4.69, 9.17) is 4.74 Å². The monoisotopic (exact) mass is 330 g/mol. The predicted molar refractivity (Wildman–Crippen MR) is 89.2 cm³/mol. The number of nitrogens with zero attached hydrogens (tertiary/aromatic N) is 5. The van der Waals surface area contributed by atoms with E-state index in [1.54, 1.807) is 19.2 Å². The van der Waals surface area contributed by atoms with Crippen LogP contribution in [0.1, 0.15) is 25.7 Å². The first kappa shape index (κ1) is 16.4. The number of methoxy groups -OCH3 is 1. The van der Waals surface area contributed by atoms with Gasteiger partial charge in [0.05, 0.1) is 25.0 Å². The highest BCUT2D eigenvalue weighted by Crippen LogP contribution is 2.27. The second kappa shape index (κ2) is 7.87. The van der Waals surface area contributed by atoms with Crippen LogP contribution in [0.3, 0.4) is 0 Å². The van der Waals surface area contributed by atoms with Crippen molar-refractivity contribution in [2.45, 2.75) is 25.7 Å². The summed E-state index contributed by atoms with van der Waals surface area (Å²) in [5.41, 5.74) is 1.41. The third kappa shape index (κ3) is 4.08. The molecule has 24 heavy (non-hydrogen) atoms. The van der Waals surface area contributed by atoms with E-state index in [2.05, 4.69) is 25.7 Å². The summed E-state index contributed by atoms with van der Waals surface area (Å²) < 4.78 is 6.92.